The van der Waals surface area contributed by atoms with E-state index in [0.717, 1.165) is 12.8 Å². The maximum atomic E-state index is 11.4. The SMILES string of the molecule is COC(=O)NC(C)CNc1nccc(-c2[nH]c(C3(Cl)CC3)nc2-c2cnc(N)c(OC)n2)n1. The highest BCUT2D eigenvalue weighted by Crippen LogP contribution is 2.51. The Bertz CT molecular complexity index is 1170. The number of hydrogen-bond donors (Lipinski definition) is 4. The van der Waals surface area contributed by atoms with Crippen LogP contribution in [-0.4, -0.2) is 62.8 Å². The number of carbonyl (C=O) groups excluding carboxylic acids is 1. The third-order valence-electron chi connectivity index (χ3n) is 5.05. The van der Waals surface area contributed by atoms with Crippen molar-refractivity contribution in [2.24, 2.45) is 0 Å². The second-order valence-corrected chi connectivity index (χ2v) is 8.33. The number of alkyl halides is 1. The van der Waals surface area contributed by atoms with Gasteiger partial charge in [-0.05, 0) is 25.8 Å². The molecule has 0 aromatic carbocycles. The molecule has 0 spiro atoms. The molecular weight excluding hydrogens is 450 g/mol. The molecule has 13 heteroatoms. The second kappa shape index (κ2) is 9.06. The van der Waals surface area contributed by atoms with E-state index in [1.165, 1.54) is 20.4 Å². The predicted molar refractivity (Wildman–Crippen MR) is 122 cm³/mol. The molecule has 1 aliphatic rings. The lowest BCUT2D eigenvalue weighted by molar-refractivity contribution is 0.168. The molecule has 33 heavy (non-hydrogen) atoms. The minimum absolute atomic E-state index is 0.178. The van der Waals surface area contributed by atoms with E-state index in [4.69, 9.17) is 27.1 Å². The first-order valence-electron chi connectivity index (χ1n) is 10.2. The number of rotatable bonds is 8. The van der Waals surface area contributed by atoms with Crippen molar-refractivity contribution in [3.05, 3.63) is 24.3 Å². The highest BCUT2D eigenvalue weighted by molar-refractivity contribution is 6.25. The first kappa shape index (κ1) is 22.5. The zero-order valence-corrected chi connectivity index (χ0v) is 19.1. The van der Waals surface area contributed by atoms with Gasteiger partial charge >= 0.3 is 6.09 Å². The van der Waals surface area contributed by atoms with E-state index in [2.05, 4.69) is 40.3 Å². The van der Waals surface area contributed by atoms with Crippen molar-refractivity contribution in [2.75, 3.05) is 31.8 Å². The Morgan fingerprint density at radius 3 is 2.76 bits per heavy atom. The van der Waals surface area contributed by atoms with Crippen LogP contribution in [0.15, 0.2) is 18.5 Å². The summed E-state index contributed by atoms with van der Waals surface area (Å²) < 4.78 is 9.82. The van der Waals surface area contributed by atoms with Gasteiger partial charge in [0, 0.05) is 18.8 Å². The molecule has 12 nitrogen and oxygen atoms in total. The number of anilines is 2. The summed E-state index contributed by atoms with van der Waals surface area (Å²) in [6, 6.07) is 1.54. The summed E-state index contributed by atoms with van der Waals surface area (Å²) in [7, 11) is 2.78. The number of nitrogens with one attached hydrogen (secondary N) is 3. The number of nitrogens with two attached hydrogens (primary N) is 1. The van der Waals surface area contributed by atoms with Crippen LogP contribution in [0, 0.1) is 0 Å². The number of amides is 1. The van der Waals surface area contributed by atoms with Crippen molar-refractivity contribution in [3.8, 4) is 28.7 Å². The molecule has 1 aliphatic carbocycles. The van der Waals surface area contributed by atoms with Crippen molar-refractivity contribution in [2.45, 2.75) is 30.7 Å². The summed E-state index contributed by atoms with van der Waals surface area (Å²) in [6.45, 7) is 2.22. The van der Waals surface area contributed by atoms with Crippen LogP contribution >= 0.6 is 11.6 Å². The Kier molecular flexibility index (Phi) is 6.18. The number of ether oxygens (including phenoxy) is 2. The Balaban J connectivity index is 1.65. The molecule has 4 rings (SSSR count). The molecule has 3 aromatic rings. The van der Waals surface area contributed by atoms with Gasteiger partial charge in [0.05, 0.1) is 31.8 Å². The molecular formula is C20H24ClN9O3. The molecule has 5 N–H and O–H groups in total. The number of methoxy groups -OCH3 is 2. The van der Waals surface area contributed by atoms with Crippen LogP contribution in [0.4, 0.5) is 16.6 Å². The number of halogens is 1. The molecule has 0 saturated heterocycles. The van der Waals surface area contributed by atoms with E-state index < -0.39 is 11.0 Å². The maximum Gasteiger partial charge on any atom is 0.407 e. The molecule has 1 amide bonds. The summed E-state index contributed by atoms with van der Waals surface area (Å²) in [5, 5.41) is 5.77. The Labute approximate surface area is 194 Å². The number of alkyl carbamates (subject to hydrolysis) is 1. The minimum atomic E-state index is -0.526. The monoisotopic (exact) mass is 473 g/mol. The Morgan fingerprint density at radius 1 is 1.27 bits per heavy atom. The fraction of sp³-hybridized carbons (Fsp3) is 0.400. The largest absolute Gasteiger partial charge is 0.478 e. The van der Waals surface area contributed by atoms with E-state index in [1.54, 1.807) is 12.3 Å². The number of aromatic amines is 1. The van der Waals surface area contributed by atoms with Gasteiger partial charge in [-0.2, -0.15) is 0 Å². The van der Waals surface area contributed by atoms with E-state index in [0.29, 0.717) is 41.1 Å². The molecule has 3 aromatic heterocycles. The first-order valence-corrected chi connectivity index (χ1v) is 10.6. The minimum Gasteiger partial charge on any atom is -0.478 e. The van der Waals surface area contributed by atoms with Gasteiger partial charge in [-0.15, -0.1) is 11.6 Å². The standard InChI is InChI=1S/C20H24ClN9O3/c1-10(26-19(31)33-3)8-25-18-23-7-4-11(28-18)13-14(30-17(29-13)20(21)5-6-20)12-9-24-15(22)16(27-12)32-2/h4,7,9-10H,5-6,8H2,1-3H3,(H2,22,24)(H,26,31)(H,29,30)(H,23,25,28). The molecule has 174 valence electrons. The lowest BCUT2D eigenvalue weighted by Gasteiger charge is -2.14. The van der Waals surface area contributed by atoms with Gasteiger partial charge < -0.3 is 30.8 Å². The van der Waals surface area contributed by atoms with Crippen LogP contribution in [0.25, 0.3) is 22.8 Å². The summed E-state index contributed by atoms with van der Waals surface area (Å²) in [6.07, 6.45) is 4.27. The highest BCUT2D eigenvalue weighted by Gasteiger charge is 2.46. The number of imidazole rings is 1. The van der Waals surface area contributed by atoms with Gasteiger partial charge in [0.1, 0.15) is 22.1 Å². The number of nitrogens with zero attached hydrogens (tertiary/aromatic N) is 5. The lowest BCUT2D eigenvalue weighted by atomic mass is 10.2. The number of carbonyl (C=O) groups is 1. The summed E-state index contributed by atoms with van der Waals surface area (Å²) in [5.74, 6) is 1.39. The van der Waals surface area contributed by atoms with Crippen LogP contribution in [0.1, 0.15) is 25.6 Å². The molecule has 1 saturated carbocycles. The predicted octanol–water partition coefficient (Wildman–Crippen LogP) is 2.30. The van der Waals surface area contributed by atoms with Gasteiger partial charge in [0.15, 0.2) is 5.82 Å². The first-order chi connectivity index (χ1) is 15.8. The number of H-pyrrole nitrogens is 1. The van der Waals surface area contributed by atoms with Gasteiger partial charge in [-0.25, -0.2) is 29.7 Å². The van der Waals surface area contributed by atoms with Crippen LogP contribution in [0.3, 0.4) is 0 Å². The third kappa shape index (κ3) is 4.90. The van der Waals surface area contributed by atoms with E-state index >= 15 is 0 Å². The lowest BCUT2D eigenvalue weighted by Crippen LogP contribution is -2.37. The average Bonchev–Trinajstić information content (AvgIpc) is 3.40. The molecule has 1 atom stereocenters. The average molecular weight is 474 g/mol. The molecule has 0 radical (unpaired) electrons. The van der Waals surface area contributed by atoms with E-state index in [-0.39, 0.29) is 17.7 Å². The van der Waals surface area contributed by atoms with Crippen molar-refractivity contribution < 1.29 is 14.3 Å². The molecule has 0 aliphatic heterocycles. The summed E-state index contributed by atoms with van der Waals surface area (Å²) in [4.78, 5) is 36.3. The van der Waals surface area contributed by atoms with Crippen LogP contribution in [0.5, 0.6) is 5.88 Å². The fourth-order valence-corrected chi connectivity index (χ4v) is 3.27. The fourth-order valence-electron chi connectivity index (χ4n) is 3.09. The summed E-state index contributed by atoms with van der Waals surface area (Å²) >= 11 is 6.62. The molecule has 1 fully saturated rings. The molecule has 1 unspecified atom stereocenters. The second-order valence-electron chi connectivity index (χ2n) is 7.61. The Morgan fingerprint density at radius 2 is 2.06 bits per heavy atom. The quantitative estimate of drug-likeness (QED) is 0.356. The topological polar surface area (TPSA) is 166 Å². The van der Waals surface area contributed by atoms with E-state index in [1.807, 2.05) is 6.92 Å². The number of aromatic nitrogens is 6. The smallest absolute Gasteiger partial charge is 0.407 e. The van der Waals surface area contributed by atoms with Crippen molar-refractivity contribution in [3.63, 3.8) is 0 Å². The van der Waals surface area contributed by atoms with E-state index in [9.17, 15) is 4.79 Å². The number of hydrogen-bond acceptors (Lipinski definition) is 10. The highest BCUT2D eigenvalue weighted by atomic mass is 35.5. The molecule has 3 heterocycles. The van der Waals surface area contributed by atoms with Gasteiger partial charge in [0.25, 0.3) is 5.88 Å². The van der Waals surface area contributed by atoms with Crippen LogP contribution < -0.4 is 21.1 Å². The zero-order valence-electron chi connectivity index (χ0n) is 18.3. The summed E-state index contributed by atoms with van der Waals surface area (Å²) in [5.41, 5.74) is 7.99. The maximum absolute atomic E-state index is 11.4. The van der Waals surface area contributed by atoms with Crippen molar-refractivity contribution in [1.29, 1.82) is 0 Å². The van der Waals surface area contributed by atoms with Crippen molar-refractivity contribution >= 4 is 29.5 Å². The van der Waals surface area contributed by atoms with Gasteiger partial charge in [-0.1, -0.05) is 0 Å². The Hall–Kier alpha value is -3.67. The molecule has 0 bridgehead atoms. The van der Waals surface area contributed by atoms with Crippen LogP contribution in [0.2, 0.25) is 0 Å². The van der Waals surface area contributed by atoms with Crippen LogP contribution in [-0.2, 0) is 9.61 Å². The third-order valence-corrected chi connectivity index (χ3v) is 5.60. The van der Waals surface area contributed by atoms with Gasteiger partial charge in [-0.3, -0.25) is 0 Å². The van der Waals surface area contributed by atoms with Gasteiger partial charge in [0.2, 0.25) is 5.95 Å². The normalized spacial score (nSPS) is 14.9. The van der Waals surface area contributed by atoms with Crippen molar-refractivity contribution in [1.82, 2.24) is 35.2 Å². The zero-order chi connectivity index (χ0) is 23.6. The number of nitrogen functional groups attached to an aromatic ring is 1.